The number of hydrogen-bond acceptors (Lipinski definition) is 5. The molecule has 1 aromatic carbocycles. The van der Waals surface area contributed by atoms with Crippen molar-refractivity contribution in [3.05, 3.63) is 40.2 Å². The monoisotopic (exact) mass is 529 g/mol. The number of carbonyl (C=O) groups is 2. The average molecular weight is 529 g/mol. The summed E-state index contributed by atoms with van der Waals surface area (Å²) in [7, 11) is 0. The Morgan fingerprint density at radius 1 is 1.09 bits per heavy atom. The van der Waals surface area contributed by atoms with Crippen LogP contribution in [0.1, 0.15) is 60.0 Å². The van der Waals surface area contributed by atoms with Gasteiger partial charge in [-0.1, -0.05) is 13.8 Å². The van der Waals surface area contributed by atoms with Crippen LogP contribution in [-0.2, 0) is 11.0 Å². The summed E-state index contributed by atoms with van der Waals surface area (Å²) in [6, 6.07) is 2.18. The number of aromatic nitrogens is 1. The molecule has 6 nitrogen and oxygen atoms in total. The van der Waals surface area contributed by atoms with Crippen LogP contribution in [0.15, 0.2) is 18.2 Å². The minimum absolute atomic E-state index is 0.00732. The summed E-state index contributed by atoms with van der Waals surface area (Å²) in [6.07, 6.45) is -6.63. The molecule has 2 N–H and O–H groups in total. The van der Waals surface area contributed by atoms with E-state index in [0.29, 0.717) is 16.1 Å². The number of rotatable bonds is 4. The molecule has 1 aliphatic rings. The van der Waals surface area contributed by atoms with Crippen LogP contribution in [-0.4, -0.2) is 41.2 Å². The first kappa shape index (κ1) is 28.3. The largest absolute Gasteiger partial charge is 0.490 e. The number of thiazole rings is 1. The van der Waals surface area contributed by atoms with Crippen molar-refractivity contribution in [3.63, 3.8) is 0 Å². The zero-order chi connectivity index (χ0) is 26.6. The molecule has 0 spiro atoms. The second-order valence-corrected chi connectivity index (χ2v) is 8.87. The van der Waals surface area contributed by atoms with Gasteiger partial charge in [0, 0.05) is 18.0 Å². The van der Waals surface area contributed by atoms with Gasteiger partial charge in [0.1, 0.15) is 11.5 Å². The van der Waals surface area contributed by atoms with Gasteiger partial charge in [0.15, 0.2) is 5.13 Å². The van der Waals surface area contributed by atoms with Crippen molar-refractivity contribution < 1.29 is 45.4 Å². The number of carboxylic acids is 1. The summed E-state index contributed by atoms with van der Waals surface area (Å²) in [5, 5.41) is 10.1. The lowest BCUT2D eigenvalue weighted by Gasteiger charge is -2.25. The number of piperidine rings is 1. The highest BCUT2D eigenvalue weighted by molar-refractivity contribution is 7.16. The highest BCUT2D eigenvalue weighted by Gasteiger charge is 2.38. The first-order chi connectivity index (χ1) is 16.1. The third-order valence-electron chi connectivity index (χ3n) is 4.79. The quantitative estimate of drug-likeness (QED) is 0.455. The maximum Gasteiger partial charge on any atom is 0.490 e. The first-order valence-corrected chi connectivity index (χ1v) is 11.2. The topological polar surface area (TPSA) is 82.5 Å². The minimum atomic E-state index is -5.08. The molecule has 0 bridgehead atoms. The van der Waals surface area contributed by atoms with E-state index in [-0.39, 0.29) is 11.6 Å². The summed E-state index contributed by atoms with van der Waals surface area (Å²) in [6.45, 7) is 5.51. The van der Waals surface area contributed by atoms with Crippen molar-refractivity contribution in [1.82, 2.24) is 4.98 Å². The van der Waals surface area contributed by atoms with Gasteiger partial charge >= 0.3 is 18.3 Å². The van der Waals surface area contributed by atoms with Crippen molar-refractivity contribution in [2.24, 2.45) is 0 Å². The predicted octanol–water partition coefficient (Wildman–Crippen LogP) is 6.30. The Kier molecular flexibility index (Phi) is 9.09. The Morgan fingerprint density at radius 3 is 2.14 bits per heavy atom. The second-order valence-electron chi connectivity index (χ2n) is 7.86. The summed E-state index contributed by atoms with van der Waals surface area (Å²) in [5.74, 6) is -4.51. The van der Waals surface area contributed by atoms with E-state index >= 15 is 0 Å². The van der Waals surface area contributed by atoms with Crippen LogP contribution < -0.4 is 10.2 Å². The molecule has 0 saturated carbocycles. The fourth-order valence-corrected chi connectivity index (χ4v) is 4.25. The van der Waals surface area contributed by atoms with Crippen molar-refractivity contribution >= 4 is 34.0 Å². The number of hydrogen-bond donors (Lipinski definition) is 2. The molecule has 1 aliphatic heterocycles. The highest BCUT2D eigenvalue weighted by atomic mass is 32.1. The summed E-state index contributed by atoms with van der Waals surface area (Å²) >= 11 is 1.40. The standard InChI is InChI=1S/C19H21F4N3OS.C2HF3O2/c1-11(2)16-15(25-18(28-16)26-8-4-3-5-9-26)17(27)24-14-7-6-12(20)10-13(14)19(21,22)23;3-2(4,5)1(6)7/h6-7,10-11H,3-5,8-9H2,1-2H3,(H,24,27);(H,6,7). The molecule has 1 amide bonds. The lowest BCUT2D eigenvalue weighted by atomic mass is 10.1. The van der Waals surface area contributed by atoms with Crippen molar-refractivity contribution in [1.29, 1.82) is 0 Å². The summed E-state index contributed by atoms with van der Waals surface area (Å²) in [4.78, 5) is 28.9. The normalized spacial score (nSPS) is 14.4. The molecule has 14 heteroatoms. The molecule has 1 aromatic heterocycles. The minimum Gasteiger partial charge on any atom is -0.475 e. The number of nitrogens with zero attached hydrogens (tertiary/aromatic N) is 2. The van der Waals surface area contributed by atoms with Crippen LogP contribution in [0.2, 0.25) is 0 Å². The Hall–Kier alpha value is -2.90. The smallest absolute Gasteiger partial charge is 0.475 e. The Labute approximate surface area is 199 Å². The number of anilines is 2. The van der Waals surface area contributed by atoms with Gasteiger partial charge in [-0.25, -0.2) is 14.2 Å². The number of halogens is 7. The van der Waals surface area contributed by atoms with E-state index in [1.54, 1.807) is 0 Å². The fourth-order valence-electron chi connectivity index (χ4n) is 3.14. The van der Waals surface area contributed by atoms with E-state index in [9.17, 15) is 35.5 Å². The second kappa shape index (κ2) is 11.2. The number of benzene rings is 1. The van der Waals surface area contributed by atoms with Crippen LogP contribution in [0, 0.1) is 5.82 Å². The molecule has 2 aromatic rings. The van der Waals surface area contributed by atoms with Crippen LogP contribution in [0.5, 0.6) is 0 Å². The van der Waals surface area contributed by atoms with Crippen molar-refractivity contribution in [2.75, 3.05) is 23.3 Å². The molecule has 2 heterocycles. The van der Waals surface area contributed by atoms with E-state index < -0.39 is 41.3 Å². The molecule has 0 unspecified atom stereocenters. The van der Waals surface area contributed by atoms with Crippen LogP contribution in [0.4, 0.5) is 41.6 Å². The number of nitrogens with one attached hydrogen (secondary N) is 1. The molecule has 1 saturated heterocycles. The molecule has 0 radical (unpaired) electrons. The van der Waals surface area contributed by atoms with Gasteiger partial charge in [-0.15, -0.1) is 11.3 Å². The molecule has 194 valence electrons. The molecule has 1 fully saturated rings. The lowest BCUT2D eigenvalue weighted by molar-refractivity contribution is -0.192. The number of amides is 1. The molecule has 0 aliphatic carbocycles. The molecule has 35 heavy (non-hydrogen) atoms. The maximum absolute atomic E-state index is 13.3. The van der Waals surface area contributed by atoms with E-state index in [1.165, 1.54) is 11.3 Å². The zero-order valence-electron chi connectivity index (χ0n) is 18.6. The Morgan fingerprint density at radius 2 is 1.66 bits per heavy atom. The maximum atomic E-state index is 13.3. The Balaban J connectivity index is 0.000000540. The summed E-state index contributed by atoms with van der Waals surface area (Å²) in [5.41, 5.74) is -1.59. The lowest BCUT2D eigenvalue weighted by Crippen LogP contribution is -2.29. The number of aliphatic carboxylic acids is 1. The Bertz CT molecular complexity index is 1050. The molecular weight excluding hydrogens is 507 g/mol. The van der Waals surface area contributed by atoms with Gasteiger partial charge in [0.2, 0.25) is 0 Å². The van der Waals surface area contributed by atoms with E-state index in [4.69, 9.17) is 9.90 Å². The van der Waals surface area contributed by atoms with E-state index in [1.807, 2.05) is 13.8 Å². The van der Waals surface area contributed by atoms with Gasteiger partial charge in [0.25, 0.3) is 5.91 Å². The van der Waals surface area contributed by atoms with Crippen LogP contribution in [0.3, 0.4) is 0 Å². The van der Waals surface area contributed by atoms with Crippen LogP contribution in [0.25, 0.3) is 0 Å². The van der Waals surface area contributed by atoms with Crippen molar-refractivity contribution in [2.45, 2.75) is 51.4 Å². The fraction of sp³-hybridized carbons (Fsp3) is 0.476. The molecule has 0 atom stereocenters. The molecular formula is C21H22F7N3O3S. The van der Waals surface area contributed by atoms with Gasteiger partial charge in [-0.3, -0.25) is 4.79 Å². The average Bonchev–Trinajstić information content (AvgIpc) is 3.21. The SMILES string of the molecule is CC(C)c1sc(N2CCCCC2)nc1C(=O)Nc1ccc(F)cc1C(F)(F)F.O=C(O)C(F)(F)F. The van der Waals surface area contributed by atoms with Crippen molar-refractivity contribution in [3.8, 4) is 0 Å². The number of carboxylic acid groups (broad SMARTS) is 1. The third-order valence-corrected chi connectivity index (χ3v) is 6.20. The zero-order valence-corrected chi connectivity index (χ0v) is 19.4. The third kappa shape index (κ3) is 7.80. The first-order valence-electron chi connectivity index (χ1n) is 10.3. The van der Waals surface area contributed by atoms with E-state index in [2.05, 4.69) is 15.2 Å². The number of alkyl halides is 6. The van der Waals surface area contributed by atoms with Gasteiger partial charge in [0.05, 0.1) is 11.3 Å². The van der Waals surface area contributed by atoms with E-state index in [0.717, 1.165) is 44.5 Å². The van der Waals surface area contributed by atoms with Gasteiger partial charge in [-0.2, -0.15) is 26.3 Å². The van der Waals surface area contributed by atoms with Gasteiger partial charge < -0.3 is 15.3 Å². The number of carbonyl (C=O) groups excluding carboxylic acids is 1. The predicted molar refractivity (Wildman–Crippen MR) is 115 cm³/mol. The molecule has 3 rings (SSSR count). The van der Waals surface area contributed by atoms with Crippen LogP contribution >= 0.6 is 11.3 Å². The summed E-state index contributed by atoms with van der Waals surface area (Å²) < 4.78 is 84.6. The van der Waals surface area contributed by atoms with Gasteiger partial charge in [-0.05, 0) is 43.4 Å². The highest BCUT2D eigenvalue weighted by Crippen LogP contribution is 2.37.